The lowest BCUT2D eigenvalue weighted by Gasteiger charge is -2.34. The number of carbonyl (C=O) groups excluding carboxylic acids is 1. The molecule has 1 N–H and O–H groups in total. The second-order valence-electron chi connectivity index (χ2n) is 7.98. The van der Waals surface area contributed by atoms with Gasteiger partial charge >= 0.3 is 0 Å². The van der Waals surface area contributed by atoms with Gasteiger partial charge in [0.2, 0.25) is 5.91 Å². The van der Waals surface area contributed by atoms with Crippen LogP contribution in [0.3, 0.4) is 0 Å². The average Bonchev–Trinajstić information content (AvgIpc) is 2.81. The van der Waals surface area contributed by atoms with Crippen LogP contribution < -0.4 is 10.1 Å². The number of nitrogens with zero attached hydrogens (tertiary/aromatic N) is 2. The predicted molar refractivity (Wildman–Crippen MR) is 125 cm³/mol. The van der Waals surface area contributed by atoms with Gasteiger partial charge in [-0.05, 0) is 29.3 Å². The lowest BCUT2D eigenvalue weighted by atomic mass is 10.0. The molecule has 1 fully saturated rings. The molecule has 4 rings (SSSR count). The van der Waals surface area contributed by atoms with Crippen molar-refractivity contribution in [3.63, 3.8) is 0 Å². The Hall–Kier alpha value is -3.22. The molecule has 0 spiro atoms. The summed E-state index contributed by atoms with van der Waals surface area (Å²) in [4.78, 5) is 17.2. The fraction of sp³-hybridized carbons (Fsp3) is 0.269. The van der Waals surface area contributed by atoms with Gasteiger partial charge in [0.1, 0.15) is 0 Å². The number of hydrogen-bond donors (Lipinski definition) is 1. The number of rotatable bonds is 7. The van der Waals surface area contributed by atoms with Crippen molar-refractivity contribution in [1.82, 2.24) is 9.80 Å². The molecule has 32 heavy (non-hydrogen) atoms. The van der Waals surface area contributed by atoms with E-state index >= 15 is 0 Å². The lowest BCUT2D eigenvalue weighted by molar-refractivity contribution is -0.117. The largest absolute Gasteiger partial charge is 0.494 e. The zero-order valence-electron chi connectivity index (χ0n) is 18.3. The zero-order chi connectivity index (χ0) is 22.3. The Morgan fingerprint density at radius 1 is 0.938 bits per heavy atom. The van der Waals surface area contributed by atoms with Crippen LogP contribution in [0.4, 0.5) is 10.1 Å². The summed E-state index contributed by atoms with van der Waals surface area (Å²) >= 11 is 0. The predicted octanol–water partition coefficient (Wildman–Crippen LogP) is 4.26. The van der Waals surface area contributed by atoms with Gasteiger partial charge in [-0.15, -0.1) is 0 Å². The summed E-state index contributed by atoms with van der Waals surface area (Å²) in [6.07, 6.45) is 0. The monoisotopic (exact) mass is 433 g/mol. The lowest BCUT2D eigenvalue weighted by Crippen LogP contribution is -2.48. The van der Waals surface area contributed by atoms with E-state index in [2.05, 4.69) is 15.1 Å². The van der Waals surface area contributed by atoms with Gasteiger partial charge < -0.3 is 10.1 Å². The smallest absolute Gasteiger partial charge is 0.238 e. The third-order valence-electron chi connectivity index (χ3n) is 5.74. The molecule has 0 bridgehead atoms. The van der Waals surface area contributed by atoms with E-state index in [4.69, 9.17) is 4.74 Å². The van der Waals surface area contributed by atoms with Gasteiger partial charge in [0.15, 0.2) is 11.6 Å². The van der Waals surface area contributed by atoms with Crippen LogP contribution in [-0.4, -0.2) is 55.5 Å². The van der Waals surface area contributed by atoms with Crippen molar-refractivity contribution in [1.29, 1.82) is 0 Å². The molecular weight excluding hydrogens is 405 g/mol. The second-order valence-corrected chi connectivity index (χ2v) is 7.98. The number of benzene rings is 3. The number of piperazine rings is 1. The maximum Gasteiger partial charge on any atom is 0.238 e. The summed E-state index contributed by atoms with van der Waals surface area (Å²) in [6, 6.07) is 23.0. The van der Waals surface area contributed by atoms with E-state index in [1.807, 2.05) is 60.7 Å². The van der Waals surface area contributed by atoms with E-state index in [9.17, 15) is 9.18 Å². The van der Waals surface area contributed by atoms with Crippen LogP contribution in [0.15, 0.2) is 72.8 Å². The molecule has 5 nitrogen and oxygen atoms in total. The molecular formula is C26H28FN3O2. The number of halogens is 1. The van der Waals surface area contributed by atoms with Crippen LogP contribution >= 0.6 is 0 Å². The number of nitrogens with one attached hydrogen (secondary N) is 1. The van der Waals surface area contributed by atoms with E-state index in [0.29, 0.717) is 13.1 Å². The molecule has 6 heteroatoms. The van der Waals surface area contributed by atoms with Gasteiger partial charge in [0, 0.05) is 44.0 Å². The van der Waals surface area contributed by atoms with E-state index in [1.54, 1.807) is 6.07 Å². The van der Waals surface area contributed by atoms with E-state index in [1.165, 1.54) is 13.2 Å². The van der Waals surface area contributed by atoms with E-state index in [0.717, 1.165) is 48.6 Å². The standard InChI is InChI=1S/C26H28FN3O2/c1-32-25-12-11-20(17-23(25)27)18-29-13-15-30(16-14-29)19-26(31)28-24-10-6-5-9-22(24)21-7-3-2-4-8-21/h2-12,17H,13-16,18-19H2,1H3,(H,28,31). The van der Waals surface area contributed by atoms with Crippen molar-refractivity contribution in [3.8, 4) is 16.9 Å². The molecule has 0 radical (unpaired) electrons. The number of anilines is 1. The first-order valence-corrected chi connectivity index (χ1v) is 10.8. The second kappa shape index (κ2) is 10.4. The highest BCUT2D eigenvalue weighted by atomic mass is 19.1. The quantitative estimate of drug-likeness (QED) is 0.605. The minimum absolute atomic E-state index is 0.0148. The number of carbonyl (C=O) groups is 1. The molecule has 3 aromatic carbocycles. The third-order valence-corrected chi connectivity index (χ3v) is 5.74. The van der Waals surface area contributed by atoms with Crippen LogP contribution in [-0.2, 0) is 11.3 Å². The highest BCUT2D eigenvalue weighted by Gasteiger charge is 2.20. The van der Waals surface area contributed by atoms with Gasteiger partial charge in [0.25, 0.3) is 0 Å². The van der Waals surface area contributed by atoms with Crippen molar-refractivity contribution < 1.29 is 13.9 Å². The van der Waals surface area contributed by atoms with Gasteiger partial charge in [-0.3, -0.25) is 14.6 Å². The van der Waals surface area contributed by atoms with E-state index in [-0.39, 0.29) is 17.5 Å². The Kier molecular flexibility index (Phi) is 7.14. The molecule has 0 atom stereocenters. The van der Waals surface area contributed by atoms with Crippen LogP contribution in [0.1, 0.15) is 5.56 Å². The Morgan fingerprint density at radius 3 is 2.34 bits per heavy atom. The van der Waals surface area contributed by atoms with Crippen molar-refractivity contribution in [3.05, 3.63) is 84.2 Å². The summed E-state index contributed by atoms with van der Waals surface area (Å²) in [7, 11) is 1.47. The van der Waals surface area contributed by atoms with E-state index < -0.39 is 0 Å². The van der Waals surface area contributed by atoms with Gasteiger partial charge in [-0.2, -0.15) is 0 Å². The Morgan fingerprint density at radius 2 is 1.62 bits per heavy atom. The number of methoxy groups -OCH3 is 1. The molecule has 0 unspecified atom stereocenters. The van der Waals surface area contributed by atoms with Gasteiger partial charge in [-0.1, -0.05) is 54.6 Å². The topological polar surface area (TPSA) is 44.8 Å². The summed E-state index contributed by atoms with van der Waals surface area (Å²) in [5.74, 6) is -0.0893. The summed E-state index contributed by atoms with van der Waals surface area (Å²) in [5, 5.41) is 3.08. The first kappa shape index (κ1) is 22.0. The number of hydrogen-bond acceptors (Lipinski definition) is 4. The number of para-hydroxylation sites is 1. The number of ether oxygens (including phenoxy) is 1. The third kappa shape index (κ3) is 5.52. The highest BCUT2D eigenvalue weighted by Crippen LogP contribution is 2.27. The Balaban J connectivity index is 1.29. The van der Waals surface area contributed by atoms with Gasteiger partial charge in [-0.25, -0.2) is 4.39 Å². The molecule has 1 amide bonds. The zero-order valence-corrected chi connectivity index (χ0v) is 18.3. The maximum absolute atomic E-state index is 13.9. The SMILES string of the molecule is COc1ccc(CN2CCN(CC(=O)Nc3ccccc3-c3ccccc3)CC2)cc1F. The van der Waals surface area contributed by atoms with Crippen LogP contribution in [0.5, 0.6) is 5.75 Å². The molecule has 1 heterocycles. The van der Waals surface area contributed by atoms with Crippen molar-refractivity contribution in [2.45, 2.75) is 6.54 Å². The molecule has 1 aliphatic rings. The maximum atomic E-state index is 13.9. The van der Waals surface area contributed by atoms with Crippen LogP contribution in [0.25, 0.3) is 11.1 Å². The summed E-state index contributed by atoms with van der Waals surface area (Å²) < 4.78 is 18.9. The average molecular weight is 434 g/mol. The molecule has 1 saturated heterocycles. The first-order valence-electron chi connectivity index (χ1n) is 10.8. The minimum atomic E-state index is -0.337. The van der Waals surface area contributed by atoms with Crippen molar-refractivity contribution in [2.24, 2.45) is 0 Å². The van der Waals surface area contributed by atoms with Gasteiger partial charge in [0.05, 0.1) is 13.7 Å². The summed E-state index contributed by atoms with van der Waals surface area (Å²) in [6.45, 7) is 4.31. The highest BCUT2D eigenvalue weighted by molar-refractivity contribution is 5.96. The Bertz CT molecular complexity index is 1050. The minimum Gasteiger partial charge on any atom is -0.494 e. The number of amides is 1. The van der Waals surface area contributed by atoms with Crippen LogP contribution in [0.2, 0.25) is 0 Å². The molecule has 3 aromatic rings. The van der Waals surface area contributed by atoms with Crippen molar-refractivity contribution >= 4 is 11.6 Å². The molecule has 0 aromatic heterocycles. The first-order chi connectivity index (χ1) is 15.6. The molecule has 166 valence electrons. The van der Waals surface area contributed by atoms with Crippen LogP contribution in [0, 0.1) is 5.82 Å². The molecule has 0 saturated carbocycles. The fourth-order valence-corrected chi connectivity index (χ4v) is 4.03. The normalized spacial score (nSPS) is 14.8. The summed E-state index contributed by atoms with van der Waals surface area (Å²) in [5.41, 5.74) is 3.83. The fourth-order valence-electron chi connectivity index (χ4n) is 4.03. The molecule has 1 aliphatic heterocycles. The van der Waals surface area contributed by atoms with Crippen molar-refractivity contribution in [2.75, 3.05) is 45.2 Å². The molecule has 0 aliphatic carbocycles. The Labute approximate surface area is 188 Å².